The Morgan fingerprint density at radius 1 is 1.62 bits per heavy atom. The lowest BCUT2D eigenvalue weighted by Gasteiger charge is -1.79. The fraction of sp³-hybridized carbons (Fsp3) is 0.500. The molecule has 0 aromatic rings. The second kappa shape index (κ2) is 4.62. The number of hydrogen-bond acceptors (Lipinski definition) is 3. The zero-order chi connectivity index (χ0) is 6.41. The number of thiol groups is 1. The normalized spacial score (nSPS) is 8.25. The SMILES string of the molecule is CC#CCO[SH](=O)=O. The van der Waals surface area contributed by atoms with Crippen LogP contribution in [0.25, 0.3) is 0 Å². The van der Waals surface area contributed by atoms with Crippen LogP contribution < -0.4 is 0 Å². The molecule has 4 heteroatoms. The van der Waals surface area contributed by atoms with Gasteiger partial charge in [0.1, 0.15) is 6.61 Å². The van der Waals surface area contributed by atoms with Crippen molar-refractivity contribution >= 4 is 11.0 Å². The summed E-state index contributed by atoms with van der Waals surface area (Å²) in [4.78, 5) is 0. The van der Waals surface area contributed by atoms with E-state index in [9.17, 15) is 8.42 Å². The molecule has 0 aromatic carbocycles. The topological polar surface area (TPSA) is 43.4 Å². The van der Waals surface area contributed by atoms with Gasteiger partial charge in [-0.15, -0.1) is 5.92 Å². The van der Waals surface area contributed by atoms with Crippen LogP contribution in [0.2, 0.25) is 0 Å². The first-order chi connectivity index (χ1) is 3.77. The van der Waals surface area contributed by atoms with Gasteiger partial charge in [0.15, 0.2) is 0 Å². The van der Waals surface area contributed by atoms with Gasteiger partial charge < -0.3 is 0 Å². The third-order valence-electron chi connectivity index (χ3n) is 0.419. The van der Waals surface area contributed by atoms with Crippen molar-refractivity contribution in [2.45, 2.75) is 6.92 Å². The second-order valence-electron chi connectivity index (χ2n) is 0.924. The Hall–Kier alpha value is -0.530. The molecule has 0 aliphatic heterocycles. The lowest BCUT2D eigenvalue weighted by atomic mass is 10.6. The van der Waals surface area contributed by atoms with Gasteiger partial charge in [0, 0.05) is 0 Å². The smallest absolute Gasteiger partial charge is 0.258 e. The molecule has 0 atom stereocenters. The van der Waals surface area contributed by atoms with E-state index in [2.05, 4.69) is 16.0 Å². The molecule has 0 bridgehead atoms. The number of rotatable bonds is 2. The molecule has 0 amide bonds. The summed E-state index contributed by atoms with van der Waals surface area (Å²) in [6, 6.07) is 0. The molecule has 0 aliphatic carbocycles. The van der Waals surface area contributed by atoms with Crippen LogP contribution in [0.3, 0.4) is 0 Å². The van der Waals surface area contributed by atoms with Crippen molar-refractivity contribution < 1.29 is 12.6 Å². The molecule has 0 spiro atoms. The highest BCUT2D eigenvalue weighted by molar-refractivity contribution is 7.67. The molecule has 46 valence electrons. The highest BCUT2D eigenvalue weighted by Gasteiger charge is 1.76. The van der Waals surface area contributed by atoms with Crippen LogP contribution >= 0.6 is 0 Å². The fourth-order valence-electron chi connectivity index (χ4n) is 0.157. The van der Waals surface area contributed by atoms with Crippen molar-refractivity contribution in [2.75, 3.05) is 6.61 Å². The Morgan fingerprint density at radius 3 is 2.62 bits per heavy atom. The van der Waals surface area contributed by atoms with Crippen LogP contribution in [0.1, 0.15) is 6.92 Å². The van der Waals surface area contributed by atoms with Gasteiger partial charge >= 0.3 is 0 Å². The monoisotopic (exact) mass is 134 g/mol. The molecule has 3 nitrogen and oxygen atoms in total. The van der Waals surface area contributed by atoms with E-state index in [1.54, 1.807) is 6.92 Å². The van der Waals surface area contributed by atoms with Crippen LogP contribution in [0.5, 0.6) is 0 Å². The Morgan fingerprint density at radius 2 is 2.25 bits per heavy atom. The Kier molecular flexibility index (Phi) is 4.32. The predicted octanol–water partition coefficient (Wildman–Crippen LogP) is -0.447. The van der Waals surface area contributed by atoms with Crippen molar-refractivity contribution in [3.63, 3.8) is 0 Å². The summed E-state index contributed by atoms with van der Waals surface area (Å²) in [5.41, 5.74) is 0. The summed E-state index contributed by atoms with van der Waals surface area (Å²) in [6.07, 6.45) is 0. The van der Waals surface area contributed by atoms with Crippen LogP contribution in [-0.4, -0.2) is 15.0 Å². The zero-order valence-corrected chi connectivity index (χ0v) is 5.27. The van der Waals surface area contributed by atoms with Gasteiger partial charge in [0.25, 0.3) is 11.0 Å². The van der Waals surface area contributed by atoms with E-state index in [0.29, 0.717) is 0 Å². The first kappa shape index (κ1) is 7.47. The zero-order valence-electron chi connectivity index (χ0n) is 4.38. The molecule has 0 rings (SSSR count). The summed E-state index contributed by atoms with van der Waals surface area (Å²) >= 11 is 0. The lowest BCUT2D eigenvalue weighted by Crippen LogP contribution is -1.86. The van der Waals surface area contributed by atoms with E-state index >= 15 is 0 Å². The van der Waals surface area contributed by atoms with E-state index < -0.39 is 11.0 Å². The second-order valence-corrected chi connectivity index (χ2v) is 1.63. The van der Waals surface area contributed by atoms with Crippen molar-refractivity contribution in [3.05, 3.63) is 0 Å². The maximum atomic E-state index is 9.62. The Bertz CT molecular complexity index is 163. The van der Waals surface area contributed by atoms with Gasteiger partial charge in [-0.2, -0.15) is 0 Å². The van der Waals surface area contributed by atoms with E-state index in [0.717, 1.165) is 0 Å². The van der Waals surface area contributed by atoms with Gasteiger partial charge in [-0.3, -0.25) is 4.18 Å². The third-order valence-corrected chi connectivity index (χ3v) is 0.759. The van der Waals surface area contributed by atoms with Gasteiger partial charge in [-0.25, -0.2) is 8.42 Å². The highest BCUT2D eigenvalue weighted by Crippen LogP contribution is 1.67. The molecule has 0 fully saturated rings. The molecule has 0 N–H and O–H groups in total. The molecular weight excluding hydrogens is 128 g/mol. The van der Waals surface area contributed by atoms with Gasteiger partial charge in [-0.05, 0) is 6.92 Å². The fourth-order valence-corrected chi connectivity index (χ4v) is 0.327. The molecule has 0 radical (unpaired) electrons. The molecule has 0 saturated heterocycles. The van der Waals surface area contributed by atoms with Crippen molar-refractivity contribution in [2.24, 2.45) is 0 Å². The highest BCUT2D eigenvalue weighted by atomic mass is 32.2. The van der Waals surface area contributed by atoms with E-state index in [1.165, 1.54) is 0 Å². The molecular formula is C4H6O3S. The molecule has 0 aliphatic rings. The van der Waals surface area contributed by atoms with Gasteiger partial charge in [-0.1, -0.05) is 5.92 Å². The van der Waals surface area contributed by atoms with Crippen molar-refractivity contribution in [1.29, 1.82) is 0 Å². The van der Waals surface area contributed by atoms with E-state index in [1.807, 2.05) is 0 Å². The Labute approximate surface area is 49.8 Å². The minimum atomic E-state index is -2.71. The maximum Gasteiger partial charge on any atom is 0.258 e. The standard InChI is InChI=1S/C4H6O3S/c1-2-3-4-7-8(5)6/h8H,4H2,1H3. The van der Waals surface area contributed by atoms with Crippen LogP contribution in [0.15, 0.2) is 0 Å². The van der Waals surface area contributed by atoms with Crippen molar-refractivity contribution in [1.82, 2.24) is 0 Å². The summed E-state index contributed by atoms with van der Waals surface area (Å²) in [7, 11) is -2.71. The summed E-state index contributed by atoms with van der Waals surface area (Å²) in [5.74, 6) is 4.90. The minimum Gasteiger partial charge on any atom is -0.259 e. The average molecular weight is 134 g/mol. The lowest BCUT2D eigenvalue weighted by molar-refractivity contribution is 0.381. The van der Waals surface area contributed by atoms with Crippen LogP contribution in [0, 0.1) is 11.8 Å². The quantitative estimate of drug-likeness (QED) is 0.411. The maximum absolute atomic E-state index is 9.62. The Balaban J connectivity index is 3.28. The first-order valence-electron chi connectivity index (χ1n) is 1.94. The predicted molar refractivity (Wildman–Crippen MR) is 29.7 cm³/mol. The number of hydrogen-bond donors (Lipinski definition) is 1. The molecule has 0 unspecified atom stereocenters. The van der Waals surface area contributed by atoms with E-state index in [-0.39, 0.29) is 6.61 Å². The molecule has 0 saturated carbocycles. The first-order valence-corrected chi connectivity index (χ1v) is 3.04. The summed E-state index contributed by atoms with van der Waals surface area (Å²) < 4.78 is 23.3. The third kappa shape index (κ3) is 5.47. The van der Waals surface area contributed by atoms with Crippen molar-refractivity contribution in [3.8, 4) is 11.8 Å². The summed E-state index contributed by atoms with van der Waals surface area (Å²) in [5, 5.41) is 0. The van der Waals surface area contributed by atoms with Gasteiger partial charge in [0.2, 0.25) is 0 Å². The average Bonchev–Trinajstić information content (AvgIpc) is 1.66. The van der Waals surface area contributed by atoms with Crippen LogP contribution in [-0.2, 0) is 15.2 Å². The molecule has 0 heterocycles. The van der Waals surface area contributed by atoms with Gasteiger partial charge in [0.05, 0.1) is 0 Å². The minimum absolute atomic E-state index is 0.0325. The molecule has 0 aromatic heterocycles. The van der Waals surface area contributed by atoms with E-state index in [4.69, 9.17) is 0 Å². The molecule has 8 heavy (non-hydrogen) atoms. The largest absolute Gasteiger partial charge is 0.259 e. The summed E-state index contributed by atoms with van der Waals surface area (Å²) in [6.45, 7) is 1.58. The van der Waals surface area contributed by atoms with Crippen LogP contribution in [0.4, 0.5) is 0 Å².